The summed E-state index contributed by atoms with van der Waals surface area (Å²) in [5, 5.41) is 1.18. The molecule has 0 spiro atoms. The zero-order chi connectivity index (χ0) is 19.3. The molecule has 1 fully saturated rings. The largest absolute Gasteiger partial charge is 0.341 e. The highest BCUT2D eigenvalue weighted by Crippen LogP contribution is 2.37. The van der Waals surface area contributed by atoms with E-state index < -0.39 is 0 Å². The van der Waals surface area contributed by atoms with Crippen molar-refractivity contribution in [2.45, 2.75) is 18.9 Å². The second-order valence-electron chi connectivity index (χ2n) is 7.77. The van der Waals surface area contributed by atoms with E-state index in [1.807, 2.05) is 33.9 Å². The van der Waals surface area contributed by atoms with Crippen LogP contribution in [-0.2, 0) is 11.3 Å². The zero-order valence-electron chi connectivity index (χ0n) is 15.8. The Labute approximate surface area is 172 Å². The molecule has 6 heteroatoms. The number of thiophene rings is 1. The third-order valence-corrected chi connectivity index (χ3v) is 7.60. The maximum absolute atomic E-state index is 13.3. The molecule has 3 aromatic rings. The molecule has 0 N–H and O–H groups in total. The second kappa shape index (κ2) is 7.08. The van der Waals surface area contributed by atoms with E-state index in [1.54, 1.807) is 23.1 Å². The summed E-state index contributed by atoms with van der Waals surface area (Å²) in [7, 11) is 0. The van der Waals surface area contributed by atoms with Gasteiger partial charge in [0.15, 0.2) is 0 Å². The van der Waals surface area contributed by atoms with E-state index in [2.05, 4.69) is 24.3 Å². The molecule has 0 saturated carbocycles. The van der Waals surface area contributed by atoms with E-state index in [0.717, 1.165) is 35.6 Å². The molecule has 1 aromatic carbocycles. The molecule has 2 aliphatic rings. The molecule has 144 valence electrons. The number of amides is 1. The fraction of sp³-hybridized carbons (Fsp3) is 0.364. The number of pyridine rings is 1. The fourth-order valence-electron chi connectivity index (χ4n) is 4.67. The summed E-state index contributed by atoms with van der Waals surface area (Å²) in [4.78, 5) is 28.7. The van der Waals surface area contributed by atoms with Gasteiger partial charge in [-0.05, 0) is 48.2 Å². The molecule has 1 amide bonds. The van der Waals surface area contributed by atoms with Crippen molar-refractivity contribution in [3.05, 3.63) is 58.5 Å². The standard InChI is InChI=1S/C22H22N2O2S2/c1-27-13-21(25)23-10-14-8-16(12-23)18-7-6-17(22(26)24(18)11-14)20-9-15-4-2-3-5-19(15)28-20/h2-7,9,14,16H,8,10-13H2,1H3/t14-,16+/m0/s1. The highest BCUT2D eigenvalue weighted by Gasteiger charge is 2.36. The number of thioether (sulfide) groups is 1. The Balaban J connectivity index is 1.51. The Morgan fingerprint density at radius 2 is 2.04 bits per heavy atom. The average Bonchev–Trinajstić information content (AvgIpc) is 3.12. The normalized spacial score (nSPS) is 21.0. The Morgan fingerprint density at radius 1 is 1.18 bits per heavy atom. The van der Waals surface area contributed by atoms with Crippen LogP contribution >= 0.6 is 23.1 Å². The Kier molecular flexibility index (Phi) is 4.56. The van der Waals surface area contributed by atoms with Crippen LogP contribution in [0, 0.1) is 5.92 Å². The molecule has 4 heterocycles. The lowest BCUT2D eigenvalue weighted by Crippen LogP contribution is -2.49. The SMILES string of the molecule is CSCC(=O)N1C[C@@H]2C[C@H](C1)c1ccc(-c3cc4ccccc4s3)c(=O)n1C2. The first-order valence-corrected chi connectivity index (χ1v) is 11.8. The van der Waals surface area contributed by atoms with Crippen LogP contribution in [0.5, 0.6) is 0 Å². The lowest BCUT2D eigenvalue weighted by atomic mass is 9.83. The summed E-state index contributed by atoms with van der Waals surface area (Å²) < 4.78 is 3.19. The molecule has 2 aromatic heterocycles. The van der Waals surface area contributed by atoms with Gasteiger partial charge in [0, 0.05) is 40.8 Å². The molecular formula is C22H22N2O2S2. The van der Waals surface area contributed by atoms with Crippen LogP contribution in [-0.4, -0.2) is 40.5 Å². The van der Waals surface area contributed by atoms with Crippen molar-refractivity contribution >= 4 is 39.1 Å². The number of piperidine rings is 1. The minimum absolute atomic E-state index is 0.114. The minimum atomic E-state index is 0.114. The van der Waals surface area contributed by atoms with E-state index in [1.165, 1.54) is 10.1 Å². The van der Waals surface area contributed by atoms with Gasteiger partial charge >= 0.3 is 0 Å². The van der Waals surface area contributed by atoms with E-state index in [4.69, 9.17) is 0 Å². The summed E-state index contributed by atoms with van der Waals surface area (Å²) in [6.07, 6.45) is 3.04. The van der Waals surface area contributed by atoms with Gasteiger partial charge in [0.25, 0.3) is 5.56 Å². The van der Waals surface area contributed by atoms with Crippen LogP contribution in [0.1, 0.15) is 18.0 Å². The highest BCUT2D eigenvalue weighted by molar-refractivity contribution is 7.99. The first-order valence-electron chi connectivity index (χ1n) is 9.63. The minimum Gasteiger partial charge on any atom is -0.341 e. The lowest BCUT2D eigenvalue weighted by Gasteiger charge is -2.42. The third kappa shape index (κ3) is 2.99. The molecule has 2 aliphatic heterocycles. The molecule has 4 nitrogen and oxygen atoms in total. The smallest absolute Gasteiger partial charge is 0.259 e. The van der Waals surface area contributed by atoms with Gasteiger partial charge in [0.05, 0.1) is 11.3 Å². The van der Waals surface area contributed by atoms with Crippen molar-refractivity contribution in [1.29, 1.82) is 0 Å². The number of benzene rings is 1. The Bertz CT molecular complexity index is 1080. The van der Waals surface area contributed by atoms with Crippen LogP contribution in [0.3, 0.4) is 0 Å². The van der Waals surface area contributed by atoms with Crippen LogP contribution in [0.4, 0.5) is 0 Å². The van der Waals surface area contributed by atoms with Crippen molar-refractivity contribution in [3.8, 4) is 10.4 Å². The van der Waals surface area contributed by atoms with Crippen LogP contribution in [0.25, 0.3) is 20.5 Å². The van der Waals surface area contributed by atoms with Crippen LogP contribution in [0.15, 0.2) is 47.3 Å². The number of aromatic nitrogens is 1. The van der Waals surface area contributed by atoms with Gasteiger partial charge in [0.1, 0.15) is 0 Å². The fourth-order valence-corrected chi connectivity index (χ4v) is 6.18. The molecule has 5 rings (SSSR count). The number of hydrogen-bond acceptors (Lipinski definition) is 4. The van der Waals surface area contributed by atoms with Gasteiger partial charge in [-0.15, -0.1) is 11.3 Å². The Hall–Kier alpha value is -2.05. The lowest BCUT2D eigenvalue weighted by molar-refractivity contribution is -0.131. The number of fused-ring (bicyclic) bond motifs is 5. The average molecular weight is 411 g/mol. The van der Waals surface area contributed by atoms with Gasteiger partial charge < -0.3 is 9.47 Å². The summed E-state index contributed by atoms with van der Waals surface area (Å²) >= 11 is 3.25. The van der Waals surface area contributed by atoms with E-state index >= 15 is 0 Å². The van der Waals surface area contributed by atoms with Gasteiger partial charge in [-0.1, -0.05) is 18.2 Å². The van der Waals surface area contributed by atoms with Crippen molar-refractivity contribution in [2.24, 2.45) is 5.92 Å². The summed E-state index contributed by atoms with van der Waals surface area (Å²) in [5.41, 5.74) is 2.00. The number of nitrogens with zero attached hydrogens (tertiary/aromatic N) is 2. The van der Waals surface area contributed by atoms with Crippen molar-refractivity contribution in [2.75, 3.05) is 25.1 Å². The number of carbonyl (C=O) groups excluding carboxylic acids is 1. The van der Waals surface area contributed by atoms with Crippen molar-refractivity contribution in [3.63, 3.8) is 0 Å². The second-order valence-corrected chi connectivity index (χ2v) is 9.72. The monoisotopic (exact) mass is 410 g/mol. The zero-order valence-corrected chi connectivity index (χ0v) is 17.4. The maximum atomic E-state index is 13.3. The Morgan fingerprint density at radius 3 is 2.86 bits per heavy atom. The predicted molar refractivity (Wildman–Crippen MR) is 117 cm³/mol. The predicted octanol–water partition coefficient (Wildman–Crippen LogP) is 4.04. The van der Waals surface area contributed by atoms with E-state index in [-0.39, 0.29) is 17.4 Å². The molecule has 0 radical (unpaired) electrons. The molecule has 2 atom stereocenters. The molecule has 1 saturated heterocycles. The van der Waals surface area contributed by atoms with Crippen LogP contribution in [0.2, 0.25) is 0 Å². The number of hydrogen-bond donors (Lipinski definition) is 0. The number of rotatable bonds is 3. The van der Waals surface area contributed by atoms with Gasteiger partial charge in [0.2, 0.25) is 5.91 Å². The summed E-state index contributed by atoms with van der Waals surface area (Å²) in [6, 6.07) is 14.5. The number of carbonyl (C=O) groups is 1. The van der Waals surface area contributed by atoms with Gasteiger partial charge in [-0.3, -0.25) is 9.59 Å². The van der Waals surface area contributed by atoms with Crippen molar-refractivity contribution < 1.29 is 4.79 Å². The first kappa shape index (κ1) is 18.0. The summed E-state index contributed by atoms with van der Waals surface area (Å²) in [5.74, 6) is 1.40. The first-order chi connectivity index (χ1) is 13.6. The van der Waals surface area contributed by atoms with E-state index in [0.29, 0.717) is 18.2 Å². The van der Waals surface area contributed by atoms with E-state index in [9.17, 15) is 9.59 Å². The van der Waals surface area contributed by atoms with Crippen LogP contribution < -0.4 is 5.56 Å². The third-order valence-electron chi connectivity index (χ3n) is 5.92. The van der Waals surface area contributed by atoms with Gasteiger partial charge in [-0.25, -0.2) is 0 Å². The van der Waals surface area contributed by atoms with Gasteiger partial charge in [-0.2, -0.15) is 11.8 Å². The maximum Gasteiger partial charge on any atom is 0.259 e. The summed E-state index contributed by atoms with van der Waals surface area (Å²) in [6.45, 7) is 2.22. The quantitative estimate of drug-likeness (QED) is 0.654. The molecule has 0 aliphatic carbocycles. The molecule has 2 bridgehead atoms. The molecule has 0 unspecified atom stereocenters. The number of likely N-dealkylation sites (tertiary alicyclic amines) is 1. The topological polar surface area (TPSA) is 42.3 Å². The highest BCUT2D eigenvalue weighted by atomic mass is 32.2. The molecule has 28 heavy (non-hydrogen) atoms. The van der Waals surface area contributed by atoms with Crippen molar-refractivity contribution in [1.82, 2.24) is 9.47 Å². The molecular weight excluding hydrogens is 388 g/mol.